The van der Waals surface area contributed by atoms with Crippen molar-refractivity contribution in [2.24, 2.45) is 0 Å². The summed E-state index contributed by atoms with van der Waals surface area (Å²) in [4.78, 5) is 10.7. The molecule has 2 rings (SSSR count). The fourth-order valence-electron chi connectivity index (χ4n) is 1.69. The number of rotatable bonds is 4. The van der Waals surface area contributed by atoms with Crippen molar-refractivity contribution >= 4 is 29.0 Å². The van der Waals surface area contributed by atoms with Gasteiger partial charge >= 0.3 is 5.97 Å². The lowest BCUT2D eigenvalue weighted by atomic mass is 10.1. The Labute approximate surface area is 126 Å². The van der Waals surface area contributed by atoms with E-state index in [9.17, 15) is 9.18 Å². The van der Waals surface area contributed by atoms with Crippen molar-refractivity contribution in [2.45, 2.75) is 6.54 Å². The standard InChI is InChI=1S/C15H13FN2O2S/c16-12-2-1-3-13(8-12)18-15(21)17-9-10-4-6-11(7-5-10)14(19)20/h1-8H,9H2,(H,19,20)(H2,17,18,21). The van der Waals surface area contributed by atoms with E-state index in [1.807, 2.05) is 0 Å². The van der Waals surface area contributed by atoms with Crippen LogP contribution in [0.3, 0.4) is 0 Å². The molecular weight excluding hydrogens is 291 g/mol. The number of halogens is 1. The first-order valence-corrected chi connectivity index (χ1v) is 6.58. The maximum Gasteiger partial charge on any atom is 0.335 e. The van der Waals surface area contributed by atoms with Crippen LogP contribution in [0, 0.1) is 5.82 Å². The van der Waals surface area contributed by atoms with Crippen LogP contribution in [0.15, 0.2) is 48.5 Å². The van der Waals surface area contributed by atoms with Crippen LogP contribution in [-0.2, 0) is 6.54 Å². The third-order valence-corrected chi connectivity index (χ3v) is 2.98. The Morgan fingerprint density at radius 1 is 1.19 bits per heavy atom. The van der Waals surface area contributed by atoms with Crippen LogP contribution in [0.25, 0.3) is 0 Å². The lowest BCUT2D eigenvalue weighted by Crippen LogP contribution is -2.27. The molecule has 0 bridgehead atoms. The molecule has 108 valence electrons. The van der Waals surface area contributed by atoms with Crippen LogP contribution in [0.1, 0.15) is 15.9 Å². The van der Waals surface area contributed by atoms with Crippen LogP contribution in [0.5, 0.6) is 0 Å². The fraction of sp³-hybridized carbons (Fsp3) is 0.0667. The molecule has 2 aromatic rings. The normalized spacial score (nSPS) is 9.95. The number of hydrogen-bond acceptors (Lipinski definition) is 2. The lowest BCUT2D eigenvalue weighted by Gasteiger charge is -2.10. The summed E-state index contributed by atoms with van der Waals surface area (Å²) in [5, 5.41) is 15.0. The number of carboxylic acid groups (broad SMARTS) is 1. The van der Waals surface area contributed by atoms with E-state index in [0.29, 0.717) is 17.3 Å². The lowest BCUT2D eigenvalue weighted by molar-refractivity contribution is 0.0697. The van der Waals surface area contributed by atoms with E-state index in [1.54, 1.807) is 24.3 Å². The summed E-state index contributed by atoms with van der Waals surface area (Å²) in [6.45, 7) is 0.445. The van der Waals surface area contributed by atoms with Gasteiger partial charge < -0.3 is 15.7 Å². The van der Waals surface area contributed by atoms with Crippen molar-refractivity contribution in [3.05, 3.63) is 65.5 Å². The first kappa shape index (κ1) is 14.9. The van der Waals surface area contributed by atoms with Crippen LogP contribution in [0.2, 0.25) is 0 Å². The van der Waals surface area contributed by atoms with Crippen LogP contribution in [-0.4, -0.2) is 16.2 Å². The van der Waals surface area contributed by atoms with Gasteiger partial charge in [0.05, 0.1) is 5.56 Å². The summed E-state index contributed by atoms with van der Waals surface area (Å²) >= 11 is 5.11. The smallest absolute Gasteiger partial charge is 0.335 e. The van der Waals surface area contributed by atoms with Gasteiger partial charge in [-0.2, -0.15) is 0 Å². The summed E-state index contributed by atoms with van der Waals surface area (Å²) in [6.07, 6.45) is 0. The highest BCUT2D eigenvalue weighted by Gasteiger charge is 2.03. The minimum Gasteiger partial charge on any atom is -0.478 e. The quantitative estimate of drug-likeness (QED) is 0.758. The van der Waals surface area contributed by atoms with Gasteiger partial charge in [0.1, 0.15) is 5.82 Å². The molecule has 0 amide bonds. The number of carbonyl (C=O) groups is 1. The molecule has 0 aliphatic rings. The Balaban J connectivity index is 1.87. The summed E-state index contributed by atoms with van der Waals surface area (Å²) in [7, 11) is 0. The maximum absolute atomic E-state index is 13.0. The number of thiocarbonyl (C=S) groups is 1. The number of nitrogens with one attached hydrogen (secondary N) is 2. The molecule has 0 saturated carbocycles. The molecule has 0 saturated heterocycles. The molecule has 0 atom stereocenters. The van der Waals surface area contributed by atoms with E-state index in [1.165, 1.54) is 24.3 Å². The van der Waals surface area contributed by atoms with Gasteiger partial charge in [0, 0.05) is 12.2 Å². The van der Waals surface area contributed by atoms with Gasteiger partial charge in [-0.3, -0.25) is 0 Å². The minimum absolute atomic E-state index is 0.235. The Morgan fingerprint density at radius 2 is 1.90 bits per heavy atom. The maximum atomic E-state index is 13.0. The first-order chi connectivity index (χ1) is 10.0. The van der Waals surface area contributed by atoms with E-state index in [2.05, 4.69) is 10.6 Å². The van der Waals surface area contributed by atoms with Gasteiger partial charge in [0.2, 0.25) is 0 Å². The molecule has 21 heavy (non-hydrogen) atoms. The Kier molecular flexibility index (Phi) is 4.84. The van der Waals surface area contributed by atoms with Gasteiger partial charge in [0.25, 0.3) is 0 Å². The van der Waals surface area contributed by atoms with Crippen molar-refractivity contribution < 1.29 is 14.3 Å². The van der Waals surface area contributed by atoms with E-state index in [4.69, 9.17) is 17.3 Å². The number of aromatic carboxylic acids is 1. The van der Waals surface area contributed by atoms with Crippen molar-refractivity contribution in [1.82, 2.24) is 5.32 Å². The van der Waals surface area contributed by atoms with Crippen molar-refractivity contribution in [2.75, 3.05) is 5.32 Å². The van der Waals surface area contributed by atoms with Crippen LogP contribution >= 0.6 is 12.2 Å². The number of carboxylic acids is 1. The highest BCUT2D eigenvalue weighted by molar-refractivity contribution is 7.80. The first-order valence-electron chi connectivity index (χ1n) is 6.17. The molecule has 4 nitrogen and oxygen atoms in total. The minimum atomic E-state index is -0.960. The topological polar surface area (TPSA) is 61.4 Å². The van der Waals surface area contributed by atoms with E-state index < -0.39 is 5.97 Å². The summed E-state index contributed by atoms with van der Waals surface area (Å²) in [5.41, 5.74) is 1.69. The molecule has 0 aliphatic heterocycles. The third-order valence-electron chi connectivity index (χ3n) is 2.74. The highest BCUT2D eigenvalue weighted by Crippen LogP contribution is 2.09. The van der Waals surface area contributed by atoms with Crippen LogP contribution in [0.4, 0.5) is 10.1 Å². The average Bonchev–Trinajstić information content (AvgIpc) is 2.45. The number of anilines is 1. The van der Waals surface area contributed by atoms with Gasteiger partial charge in [0.15, 0.2) is 5.11 Å². The van der Waals surface area contributed by atoms with Crippen molar-refractivity contribution in [1.29, 1.82) is 0 Å². The predicted molar refractivity (Wildman–Crippen MR) is 82.9 cm³/mol. The number of benzene rings is 2. The largest absolute Gasteiger partial charge is 0.478 e. The molecule has 0 spiro atoms. The van der Waals surface area contributed by atoms with Gasteiger partial charge in [-0.1, -0.05) is 18.2 Å². The highest BCUT2D eigenvalue weighted by atomic mass is 32.1. The zero-order valence-corrected chi connectivity index (χ0v) is 11.8. The third kappa shape index (κ3) is 4.54. The number of hydrogen-bond donors (Lipinski definition) is 3. The van der Waals surface area contributed by atoms with Crippen molar-refractivity contribution in [3.63, 3.8) is 0 Å². The molecule has 0 radical (unpaired) electrons. The molecule has 0 heterocycles. The predicted octanol–water partition coefficient (Wildman–Crippen LogP) is 3.01. The fourth-order valence-corrected chi connectivity index (χ4v) is 1.88. The molecule has 6 heteroatoms. The van der Waals surface area contributed by atoms with Gasteiger partial charge in [-0.15, -0.1) is 0 Å². The van der Waals surface area contributed by atoms with E-state index in [0.717, 1.165) is 5.56 Å². The Morgan fingerprint density at radius 3 is 2.52 bits per heavy atom. The molecule has 0 aliphatic carbocycles. The van der Waals surface area contributed by atoms with E-state index in [-0.39, 0.29) is 11.4 Å². The zero-order valence-electron chi connectivity index (χ0n) is 11.0. The zero-order chi connectivity index (χ0) is 15.2. The molecule has 3 N–H and O–H groups in total. The molecule has 0 unspecified atom stereocenters. The van der Waals surface area contributed by atoms with Crippen molar-refractivity contribution in [3.8, 4) is 0 Å². The summed E-state index contributed by atoms with van der Waals surface area (Å²) in [5.74, 6) is -1.30. The van der Waals surface area contributed by atoms with Gasteiger partial charge in [-0.05, 0) is 48.1 Å². The monoisotopic (exact) mass is 304 g/mol. The second-order valence-electron chi connectivity index (χ2n) is 4.32. The molecule has 2 aromatic carbocycles. The Hall–Kier alpha value is -2.47. The van der Waals surface area contributed by atoms with E-state index >= 15 is 0 Å². The van der Waals surface area contributed by atoms with Gasteiger partial charge in [-0.25, -0.2) is 9.18 Å². The average molecular weight is 304 g/mol. The second kappa shape index (κ2) is 6.81. The molecule has 0 fully saturated rings. The second-order valence-corrected chi connectivity index (χ2v) is 4.73. The summed E-state index contributed by atoms with van der Waals surface area (Å²) < 4.78 is 13.0. The van der Waals surface area contributed by atoms with Crippen LogP contribution < -0.4 is 10.6 Å². The molecular formula is C15H13FN2O2S. The SMILES string of the molecule is O=C(O)c1ccc(CNC(=S)Nc2cccc(F)c2)cc1. The summed E-state index contributed by atoms with van der Waals surface area (Å²) in [6, 6.07) is 12.5. The Bertz CT molecular complexity index is 659. The molecule has 0 aromatic heterocycles.